The van der Waals surface area contributed by atoms with E-state index in [4.69, 9.17) is 16.3 Å². The fourth-order valence-electron chi connectivity index (χ4n) is 2.44. The number of aromatic nitrogens is 1. The molecule has 2 rings (SSSR count). The van der Waals surface area contributed by atoms with Crippen molar-refractivity contribution < 1.29 is 17.9 Å². The Morgan fingerprint density at radius 1 is 1.31 bits per heavy atom. The van der Waals surface area contributed by atoms with Crippen LogP contribution in [0.15, 0.2) is 42.7 Å². The van der Waals surface area contributed by atoms with E-state index in [-0.39, 0.29) is 17.3 Å². The Hall–Kier alpha value is -2.32. The van der Waals surface area contributed by atoms with E-state index in [0.29, 0.717) is 5.75 Å². The smallest absolute Gasteiger partial charge is 0.243 e. The van der Waals surface area contributed by atoms with Crippen molar-refractivity contribution in [1.82, 2.24) is 10.3 Å². The third-order valence-corrected chi connectivity index (χ3v) is 5.23. The number of nitrogens with zero attached hydrogens (tertiary/aromatic N) is 2. The molecular formula is C17H20ClN3O4S. The molecule has 0 aliphatic carbocycles. The summed E-state index contributed by atoms with van der Waals surface area (Å²) in [4.78, 5) is 16.4. The maximum atomic E-state index is 12.5. The fraction of sp³-hybridized carbons (Fsp3) is 0.294. The van der Waals surface area contributed by atoms with Crippen molar-refractivity contribution in [2.75, 3.05) is 17.7 Å². The SMILES string of the molecule is COc1ccc(N(C(C)C(=O)NCc2ccncc2)S(C)(=O)=O)cc1Cl. The summed E-state index contributed by atoms with van der Waals surface area (Å²) in [6.45, 7) is 1.79. The molecule has 1 aromatic carbocycles. The zero-order valence-corrected chi connectivity index (χ0v) is 16.2. The van der Waals surface area contributed by atoms with Crippen LogP contribution in [-0.4, -0.2) is 38.7 Å². The third-order valence-electron chi connectivity index (χ3n) is 3.69. The van der Waals surface area contributed by atoms with Crippen LogP contribution in [-0.2, 0) is 21.4 Å². The first-order chi connectivity index (χ1) is 12.2. The number of carbonyl (C=O) groups is 1. The highest BCUT2D eigenvalue weighted by molar-refractivity contribution is 7.92. The second kappa shape index (κ2) is 8.37. The number of sulfonamides is 1. The van der Waals surface area contributed by atoms with Crippen LogP contribution in [0.3, 0.4) is 0 Å². The lowest BCUT2D eigenvalue weighted by Crippen LogP contribution is -2.47. The van der Waals surface area contributed by atoms with Crippen molar-refractivity contribution in [1.29, 1.82) is 0 Å². The molecule has 0 spiro atoms. The van der Waals surface area contributed by atoms with E-state index in [0.717, 1.165) is 16.1 Å². The van der Waals surface area contributed by atoms with Gasteiger partial charge in [0.2, 0.25) is 15.9 Å². The number of hydrogen-bond acceptors (Lipinski definition) is 5. The quantitative estimate of drug-likeness (QED) is 0.773. The number of ether oxygens (including phenoxy) is 1. The summed E-state index contributed by atoms with van der Waals surface area (Å²) in [5, 5.41) is 2.98. The van der Waals surface area contributed by atoms with Gasteiger partial charge in [0.1, 0.15) is 11.8 Å². The lowest BCUT2D eigenvalue weighted by Gasteiger charge is -2.28. The summed E-state index contributed by atoms with van der Waals surface area (Å²) in [6.07, 6.45) is 4.28. The molecule has 0 saturated heterocycles. The van der Waals surface area contributed by atoms with E-state index in [1.807, 2.05) is 0 Å². The number of pyridine rings is 1. The summed E-state index contributed by atoms with van der Waals surface area (Å²) in [6, 6.07) is 7.12. The van der Waals surface area contributed by atoms with Crippen molar-refractivity contribution in [2.45, 2.75) is 19.5 Å². The van der Waals surface area contributed by atoms with Gasteiger partial charge in [-0.2, -0.15) is 0 Å². The number of carbonyl (C=O) groups excluding carboxylic acids is 1. The fourth-order valence-corrected chi connectivity index (χ4v) is 3.86. The van der Waals surface area contributed by atoms with Crippen molar-refractivity contribution >= 4 is 33.2 Å². The standard InChI is InChI=1S/C17H20ClN3O4S/c1-12(17(22)20-11-13-6-8-19-9-7-13)21(26(3,23)24)14-4-5-16(25-2)15(18)10-14/h4-10,12H,11H2,1-3H3,(H,20,22). The van der Waals surface area contributed by atoms with E-state index in [1.165, 1.54) is 20.1 Å². The number of halogens is 1. The highest BCUT2D eigenvalue weighted by atomic mass is 35.5. The van der Waals surface area contributed by atoms with E-state index >= 15 is 0 Å². The van der Waals surface area contributed by atoms with Gasteiger partial charge in [-0.25, -0.2) is 8.42 Å². The Bertz CT molecular complexity index is 875. The summed E-state index contributed by atoms with van der Waals surface area (Å²) in [5.41, 5.74) is 1.14. The van der Waals surface area contributed by atoms with E-state index in [9.17, 15) is 13.2 Å². The van der Waals surface area contributed by atoms with Crippen LogP contribution in [0.4, 0.5) is 5.69 Å². The molecule has 1 unspecified atom stereocenters. The predicted molar refractivity (Wildman–Crippen MR) is 101 cm³/mol. The number of rotatable bonds is 7. The minimum Gasteiger partial charge on any atom is -0.495 e. The van der Waals surface area contributed by atoms with Gasteiger partial charge in [-0.15, -0.1) is 0 Å². The molecule has 0 fully saturated rings. The molecule has 9 heteroatoms. The molecule has 0 aliphatic rings. The molecule has 2 aromatic rings. The molecule has 1 heterocycles. The van der Waals surface area contributed by atoms with Crippen LogP contribution >= 0.6 is 11.6 Å². The van der Waals surface area contributed by atoms with Gasteiger partial charge in [0.05, 0.1) is 24.1 Å². The highest BCUT2D eigenvalue weighted by Crippen LogP contribution is 2.31. The lowest BCUT2D eigenvalue weighted by atomic mass is 10.2. The molecule has 0 bridgehead atoms. The second-order valence-electron chi connectivity index (χ2n) is 5.63. The molecule has 1 N–H and O–H groups in total. The number of amides is 1. The molecule has 140 valence electrons. The Labute approximate surface area is 158 Å². The Kier molecular flexibility index (Phi) is 6.44. The normalized spacial score (nSPS) is 12.3. The molecule has 0 saturated carbocycles. The van der Waals surface area contributed by atoms with Crippen molar-refractivity contribution in [3.63, 3.8) is 0 Å². The van der Waals surface area contributed by atoms with Crippen LogP contribution in [0.5, 0.6) is 5.75 Å². The number of anilines is 1. The molecule has 26 heavy (non-hydrogen) atoms. The number of methoxy groups -OCH3 is 1. The van der Waals surface area contributed by atoms with E-state index < -0.39 is 22.0 Å². The molecule has 0 radical (unpaired) electrons. The average Bonchev–Trinajstić information content (AvgIpc) is 2.59. The van der Waals surface area contributed by atoms with Gasteiger partial charge in [-0.05, 0) is 42.8 Å². The van der Waals surface area contributed by atoms with Crippen LogP contribution in [0.2, 0.25) is 5.02 Å². The summed E-state index contributed by atoms with van der Waals surface area (Å²) >= 11 is 6.10. The van der Waals surface area contributed by atoms with Gasteiger partial charge in [0.25, 0.3) is 0 Å². The minimum atomic E-state index is -3.72. The zero-order valence-electron chi connectivity index (χ0n) is 14.6. The average molecular weight is 398 g/mol. The van der Waals surface area contributed by atoms with Gasteiger partial charge in [0, 0.05) is 18.9 Å². The van der Waals surface area contributed by atoms with E-state index in [1.54, 1.807) is 36.7 Å². The third kappa shape index (κ3) is 4.86. The van der Waals surface area contributed by atoms with Crippen LogP contribution in [0.1, 0.15) is 12.5 Å². The predicted octanol–water partition coefficient (Wildman–Crippen LogP) is 2.21. The second-order valence-corrected chi connectivity index (χ2v) is 7.89. The Morgan fingerprint density at radius 3 is 2.50 bits per heavy atom. The van der Waals surface area contributed by atoms with Crippen molar-refractivity contribution in [3.05, 3.63) is 53.3 Å². The first-order valence-corrected chi connectivity index (χ1v) is 9.96. The molecule has 1 amide bonds. The van der Waals surface area contributed by atoms with Gasteiger partial charge in [-0.3, -0.25) is 14.1 Å². The molecular weight excluding hydrogens is 378 g/mol. The number of hydrogen-bond donors (Lipinski definition) is 1. The molecule has 1 atom stereocenters. The Morgan fingerprint density at radius 2 is 1.96 bits per heavy atom. The van der Waals surface area contributed by atoms with Gasteiger partial charge in [0.15, 0.2) is 0 Å². The summed E-state index contributed by atoms with van der Waals surface area (Å²) < 4.78 is 30.7. The minimum absolute atomic E-state index is 0.253. The number of benzene rings is 1. The van der Waals surface area contributed by atoms with Gasteiger partial charge in [-0.1, -0.05) is 11.6 Å². The summed E-state index contributed by atoms with van der Waals surface area (Å²) in [7, 11) is -2.26. The Balaban J connectivity index is 2.23. The van der Waals surface area contributed by atoms with Gasteiger partial charge >= 0.3 is 0 Å². The molecule has 7 nitrogen and oxygen atoms in total. The van der Waals surface area contributed by atoms with Crippen molar-refractivity contribution in [2.24, 2.45) is 0 Å². The first-order valence-electron chi connectivity index (χ1n) is 7.73. The number of nitrogens with one attached hydrogen (secondary N) is 1. The maximum absolute atomic E-state index is 12.5. The largest absolute Gasteiger partial charge is 0.495 e. The maximum Gasteiger partial charge on any atom is 0.243 e. The summed E-state index contributed by atoms with van der Waals surface area (Å²) in [5.74, 6) is -0.0159. The highest BCUT2D eigenvalue weighted by Gasteiger charge is 2.29. The monoisotopic (exact) mass is 397 g/mol. The van der Waals surface area contributed by atoms with Crippen molar-refractivity contribution in [3.8, 4) is 5.75 Å². The topological polar surface area (TPSA) is 88.6 Å². The lowest BCUT2D eigenvalue weighted by molar-refractivity contribution is -0.122. The molecule has 1 aromatic heterocycles. The zero-order chi connectivity index (χ0) is 19.3. The van der Waals surface area contributed by atoms with Crippen LogP contribution in [0, 0.1) is 0 Å². The van der Waals surface area contributed by atoms with Crippen LogP contribution in [0.25, 0.3) is 0 Å². The van der Waals surface area contributed by atoms with E-state index in [2.05, 4.69) is 10.3 Å². The van der Waals surface area contributed by atoms with Crippen LogP contribution < -0.4 is 14.4 Å². The molecule has 0 aliphatic heterocycles. The van der Waals surface area contributed by atoms with Gasteiger partial charge < -0.3 is 10.1 Å². The first kappa shape index (κ1) is 20.0.